The Kier molecular flexibility index (Phi) is 4.96. The summed E-state index contributed by atoms with van der Waals surface area (Å²) in [7, 11) is 0. The van der Waals surface area contributed by atoms with E-state index in [1.807, 2.05) is 17.0 Å². The number of carbonyl (C=O) groups excluding carboxylic acids is 1. The number of nitrogens with zero attached hydrogens (tertiary/aromatic N) is 1. The van der Waals surface area contributed by atoms with Crippen molar-refractivity contribution in [1.82, 2.24) is 4.90 Å². The summed E-state index contributed by atoms with van der Waals surface area (Å²) in [5.41, 5.74) is 7.61. The Hall–Kier alpha value is -1.88. The SMILES string of the molecule is NC/C(=C\F)COc1ccc2c(c1)CCN(C1CCCC1)C2=O. The van der Waals surface area contributed by atoms with Crippen LogP contribution in [0.25, 0.3) is 0 Å². The van der Waals surface area contributed by atoms with Gasteiger partial charge in [0.2, 0.25) is 0 Å². The van der Waals surface area contributed by atoms with Gasteiger partial charge in [-0.15, -0.1) is 0 Å². The average molecular weight is 318 g/mol. The second kappa shape index (κ2) is 7.13. The Morgan fingerprint density at radius 1 is 1.39 bits per heavy atom. The number of ether oxygens (including phenoxy) is 1. The molecule has 1 aromatic carbocycles. The van der Waals surface area contributed by atoms with Crippen LogP contribution in [0.2, 0.25) is 0 Å². The predicted octanol–water partition coefficient (Wildman–Crippen LogP) is 2.82. The third-order valence-electron chi connectivity index (χ3n) is 4.80. The summed E-state index contributed by atoms with van der Waals surface area (Å²) >= 11 is 0. The molecule has 4 nitrogen and oxygen atoms in total. The average Bonchev–Trinajstić information content (AvgIpc) is 3.10. The van der Waals surface area contributed by atoms with Gasteiger partial charge in [-0.2, -0.15) is 0 Å². The number of benzene rings is 1. The highest BCUT2D eigenvalue weighted by Gasteiger charge is 2.31. The minimum absolute atomic E-state index is 0.133. The number of amides is 1. The van der Waals surface area contributed by atoms with Crippen molar-refractivity contribution >= 4 is 5.91 Å². The fourth-order valence-corrected chi connectivity index (χ4v) is 3.45. The monoisotopic (exact) mass is 318 g/mol. The number of hydrogen-bond donors (Lipinski definition) is 1. The molecule has 1 amide bonds. The van der Waals surface area contributed by atoms with Gasteiger partial charge >= 0.3 is 0 Å². The highest BCUT2D eigenvalue weighted by molar-refractivity contribution is 5.97. The summed E-state index contributed by atoms with van der Waals surface area (Å²) in [6.45, 7) is 1.04. The summed E-state index contributed by atoms with van der Waals surface area (Å²) in [6, 6.07) is 5.91. The van der Waals surface area contributed by atoms with Crippen molar-refractivity contribution in [2.45, 2.75) is 38.1 Å². The zero-order chi connectivity index (χ0) is 16.2. The van der Waals surface area contributed by atoms with Crippen LogP contribution in [0.3, 0.4) is 0 Å². The highest BCUT2D eigenvalue weighted by atomic mass is 19.1. The van der Waals surface area contributed by atoms with E-state index in [0.29, 0.717) is 23.7 Å². The summed E-state index contributed by atoms with van der Waals surface area (Å²) in [4.78, 5) is 14.7. The topological polar surface area (TPSA) is 55.6 Å². The molecule has 5 heteroatoms. The van der Waals surface area contributed by atoms with Crippen LogP contribution in [0.5, 0.6) is 5.75 Å². The molecule has 2 aliphatic rings. The van der Waals surface area contributed by atoms with Gasteiger partial charge in [0.1, 0.15) is 12.4 Å². The lowest BCUT2D eigenvalue weighted by molar-refractivity contribution is 0.0663. The summed E-state index contributed by atoms with van der Waals surface area (Å²) < 4.78 is 18.1. The van der Waals surface area contributed by atoms with Crippen molar-refractivity contribution in [1.29, 1.82) is 0 Å². The van der Waals surface area contributed by atoms with Crippen LogP contribution in [-0.4, -0.2) is 36.5 Å². The number of halogens is 1. The van der Waals surface area contributed by atoms with Crippen molar-refractivity contribution in [3.05, 3.63) is 41.2 Å². The van der Waals surface area contributed by atoms with Crippen molar-refractivity contribution in [3.8, 4) is 5.75 Å². The molecule has 0 bridgehead atoms. The van der Waals surface area contributed by atoms with Gasteiger partial charge in [0.15, 0.2) is 0 Å². The maximum atomic E-state index is 12.7. The molecule has 1 aromatic rings. The Morgan fingerprint density at radius 3 is 2.87 bits per heavy atom. The molecule has 124 valence electrons. The van der Waals surface area contributed by atoms with Crippen LogP contribution < -0.4 is 10.5 Å². The number of rotatable bonds is 5. The maximum Gasteiger partial charge on any atom is 0.254 e. The number of fused-ring (bicyclic) bond motifs is 1. The molecule has 0 radical (unpaired) electrons. The van der Waals surface area contributed by atoms with Crippen LogP contribution in [-0.2, 0) is 6.42 Å². The van der Waals surface area contributed by atoms with Gasteiger partial charge < -0.3 is 15.4 Å². The van der Waals surface area contributed by atoms with Gasteiger partial charge in [-0.05, 0) is 43.0 Å². The van der Waals surface area contributed by atoms with E-state index >= 15 is 0 Å². The molecular weight excluding hydrogens is 295 g/mol. The van der Waals surface area contributed by atoms with E-state index in [9.17, 15) is 9.18 Å². The normalized spacial score (nSPS) is 19.1. The van der Waals surface area contributed by atoms with Gasteiger partial charge in [-0.3, -0.25) is 4.79 Å². The summed E-state index contributed by atoms with van der Waals surface area (Å²) in [5, 5.41) is 0. The maximum absolute atomic E-state index is 12.7. The number of nitrogens with two attached hydrogens (primary N) is 1. The molecule has 0 atom stereocenters. The molecule has 0 spiro atoms. The molecule has 1 aliphatic carbocycles. The van der Waals surface area contributed by atoms with E-state index in [-0.39, 0.29) is 19.1 Å². The standard InChI is InChI=1S/C18H23FN2O2/c19-10-13(11-20)12-23-16-5-6-17-14(9-16)7-8-21(18(17)22)15-3-1-2-4-15/h5-6,9-10,15H,1-4,7-8,11-12,20H2/b13-10+. The van der Waals surface area contributed by atoms with E-state index in [2.05, 4.69) is 0 Å². The second-order valence-electron chi connectivity index (χ2n) is 6.27. The van der Waals surface area contributed by atoms with Crippen LogP contribution in [0.15, 0.2) is 30.1 Å². The zero-order valence-electron chi connectivity index (χ0n) is 13.3. The lowest BCUT2D eigenvalue weighted by Crippen LogP contribution is -2.43. The quantitative estimate of drug-likeness (QED) is 0.908. The van der Waals surface area contributed by atoms with E-state index in [1.54, 1.807) is 6.07 Å². The van der Waals surface area contributed by atoms with Gasteiger partial charge in [0.05, 0.1) is 6.33 Å². The van der Waals surface area contributed by atoms with Crippen molar-refractivity contribution in [2.24, 2.45) is 5.73 Å². The third kappa shape index (κ3) is 3.39. The molecule has 0 saturated heterocycles. The van der Waals surface area contributed by atoms with E-state index in [0.717, 1.165) is 36.9 Å². The van der Waals surface area contributed by atoms with Crippen molar-refractivity contribution in [3.63, 3.8) is 0 Å². The van der Waals surface area contributed by atoms with E-state index in [1.165, 1.54) is 12.8 Å². The fourth-order valence-electron chi connectivity index (χ4n) is 3.45. The van der Waals surface area contributed by atoms with Crippen LogP contribution >= 0.6 is 0 Å². The van der Waals surface area contributed by atoms with Crippen LogP contribution in [0, 0.1) is 0 Å². The van der Waals surface area contributed by atoms with Crippen LogP contribution in [0.1, 0.15) is 41.6 Å². The molecule has 1 saturated carbocycles. The summed E-state index contributed by atoms with van der Waals surface area (Å²) in [5.74, 6) is 0.787. The van der Waals surface area contributed by atoms with Gasteiger partial charge in [0, 0.05) is 30.3 Å². The third-order valence-corrected chi connectivity index (χ3v) is 4.80. The number of carbonyl (C=O) groups is 1. The largest absolute Gasteiger partial charge is 0.489 e. The summed E-state index contributed by atoms with van der Waals surface area (Å²) in [6.07, 6.45) is 6.03. The minimum Gasteiger partial charge on any atom is -0.489 e. The molecule has 1 aliphatic heterocycles. The molecule has 2 N–H and O–H groups in total. The Bertz CT molecular complexity index is 609. The first-order chi connectivity index (χ1) is 11.2. The molecule has 23 heavy (non-hydrogen) atoms. The lowest BCUT2D eigenvalue weighted by Gasteiger charge is -2.33. The van der Waals surface area contributed by atoms with Gasteiger partial charge in [-0.1, -0.05) is 12.8 Å². The van der Waals surface area contributed by atoms with Crippen molar-refractivity contribution < 1.29 is 13.9 Å². The predicted molar refractivity (Wildman–Crippen MR) is 87.2 cm³/mol. The van der Waals surface area contributed by atoms with Crippen molar-refractivity contribution in [2.75, 3.05) is 19.7 Å². The smallest absolute Gasteiger partial charge is 0.254 e. The Balaban J connectivity index is 1.71. The first-order valence-corrected chi connectivity index (χ1v) is 8.28. The van der Waals surface area contributed by atoms with E-state index in [4.69, 9.17) is 10.5 Å². The number of hydrogen-bond acceptors (Lipinski definition) is 3. The molecular formula is C18H23FN2O2. The minimum atomic E-state index is 0.133. The molecule has 3 rings (SSSR count). The van der Waals surface area contributed by atoms with Gasteiger partial charge in [-0.25, -0.2) is 4.39 Å². The Morgan fingerprint density at radius 2 is 2.17 bits per heavy atom. The Labute approximate surface area is 136 Å². The molecule has 0 unspecified atom stereocenters. The molecule has 1 fully saturated rings. The fraction of sp³-hybridized carbons (Fsp3) is 0.500. The molecule has 1 heterocycles. The lowest BCUT2D eigenvalue weighted by atomic mass is 9.97. The first-order valence-electron chi connectivity index (χ1n) is 8.28. The van der Waals surface area contributed by atoms with Gasteiger partial charge in [0.25, 0.3) is 5.91 Å². The van der Waals surface area contributed by atoms with E-state index < -0.39 is 0 Å². The zero-order valence-corrected chi connectivity index (χ0v) is 13.3. The van der Waals surface area contributed by atoms with Crippen LogP contribution in [0.4, 0.5) is 4.39 Å². The highest BCUT2D eigenvalue weighted by Crippen LogP contribution is 2.30. The second-order valence-corrected chi connectivity index (χ2v) is 6.27. The first kappa shape index (κ1) is 16.0. The molecule has 0 aromatic heterocycles.